The molecule has 0 radical (unpaired) electrons. The van der Waals surface area contributed by atoms with Crippen LogP contribution in [0.2, 0.25) is 0 Å². The lowest BCUT2D eigenvalue weighted by atomic mass is 10.0. The number of anilines is 1. The summed E-state index contributed by atoms with van der Waals surface area (Å²) < 4.78 is 13.4. The largest absolute Gasteiger partial charge is 0.355 e. The summed E-state index contributed by atoms with van der Waals surface area (Å²) in [7, 11) is 1.33. The molecule has 1 aliphatic heterocycles. The van der Waals surface area contributed by atoms with Crippen molar-refractivity contribution >= 4 is 16.6 Å². The number of rotatable bonds is 4. The Labute approximate surface area is 117 Å². The van der Waals surface area contributed by atoms with Gasteiger partial charge in [0.1, 0.15) is 5.82 Å². The second-order valence-corrected chi connectivity index (χ2v) is 6.91. The highest BCUT2D eigenvalue weighted by atomic mass is 32.2. The van der Waals surface area contributed by atoms with Gasteiger partial charge >= 0.3 is 0 Å². The molecule has 1 aromatic rings. The Balaban J connectivity index is 2.25. The van der Waals surface area contributed by atoms with Crippen molar-refractivity contribution in [3.63, 3.8) is 0 Å². The summed E-state index contributed by atoms with van der Waals surface area (Å²) in [4.78, 5) is 2.30. The summed E-state index contributed by atoms with van der Waals surface area (Å²) in [6, 6.07) is 0.181. The van der Waals surface area contributed by atoms with Gasteiger partial charge in [0.05, 0.1) is 5.69 Å². The molecule has 0 saturated carbocycles. The van der Waals surface area contributed by atoms with Gasteiger partial charge in [-0.15, -0.1) is 0 Å². The van der Waals surface area contributed by atoms with Crippen LogP contribution in [-0.4, -0.2) is 44.6 Å². The van der Waals surface area contributed by atoms with Crippen LogP contribution in [0.3, 0.4) is 0 Å². The molecular weight excluding hydrogens is 260 g/mol. The third-order valence-corrected chi connectivity index (χ3v) is 5.06. The Morgan fingerprint density at radius 2 is 2.05 bits per heavy atom. The lowest BCUT2D eigenvalue weighted by Gasteiger charge is -2.29. The Kier molecular flexibility index (Phi) is 4.62. The van der Waals surface area contributed by atoms with Gasteiger partial charge in [-0.1, -0.05) is 6.92 Å². The zero-order chi connectivity index (χ0) is 14.0. The second-order valence-electron chi connectivity index (χ2n) is 5.22. The van der Waals surface area contributed by atoms with Crippen molar-refractivity contribution in [2.24, 2.45) is 12.8 Å². The molecule has 6 heteroatoms. The highest BCUT2D eigenvalue weighted by molar-refractivity contribution is 7.85. The number of aryl methyl sites for hydroxylation is 2. The Morgan fingerprint density at radius 1 is 1.42 bits per heavy atom. The van der Waals surface area contributed by atoms with Gasteiger partial charge in [0.2, 0.25) is 0 Å². The predicted molar refractivity (Wildman–Crippen MR) is 80.0 cm³/mol. The third kappa shape index (κ3) is 3.17. The third-order valence-electron chi connectivity index (χ3n) is 3.78. The fourth-order valence-electron chi connectivity index (χ4n) is 2.58. The molecule has 0 amide bonds. The van der Waals surface area contributed by atoms with Crippen LogP contribution < -0.4 is 10.6 Å². The fourth-order valence-corrected chi connectivity index (χ4v) is 3.63. The lowest BCUT2D eigenvalue weighted by molar-refractivity contribution is 0.639. The maximum absolute atomic E-state index is 11.5. The summed E-state index contributed by atoms with van der Waals surface area (Å²) in [5.41, 5.74) is 8.42. The molecule has 1 aliphatic rings. The molecule has 1 fully saturated rings. The maximum Gasteiger partial charge on any atom is 0.130 e. The highest BCUT2D eigenvalue weighted by Crippen LogP contribution is 2.25. The van der Waals surface area contributed by atoms with Gasteiger partial charge in [0, 0.05) is 54.0 Å². The zero-order valence-electron chi connectivity index (χ0n) is 12.1. The van der Waals surface area contributed by atoms with E-state index >= 15 is 0 Å². The first-order valence-corrected chi connectivity index (χ1v) is 8.39. The minimum atomic E-state index is -0.649. The minimum Gasteiger partial charge on any atom is -0.355 e. The van der Waals surface area contributed by atoms with E-state index < -0.39 is 10.8 Å². The van der Waals surface area contributed by atoms with E-state index in [1.165, 1.54) is 5.56 Å². The molecule has 2 heterocycles. The first-order chi connectivity index (χ1) is 9.02. The summed E-state index contributed by atoms with van der Waals surface area (Å²) >= 11 is 0. The maximum atomic E-state index is 11.5. The summed E-state index contributed by atoms with van der Waals surface area (Å²) in [5, 5.41) is 4.54. The predicted octanol–water partition coefficient (Wildman–Crippen LogP) is 0.577. The van der Waals surface area contributed by atoms with E-state index in [-0.39, 0.29) is 6.04 Å². The number of aromatic nitrogens is 2. The summed E-state index contributed by atoms with van der Waals surface area (Å²) in [6.45, 7) is 5.85. The molecule has 19 heavy (non-hydrogen) atoms. The number of hydrogen-bond acceptors (Lipinski definition) is 4. The van der Waals surface area contributed by atoms with Crippen molar-refractivity contribution in [1.82, 2.24) is 9.78 Å². The molecular formula is C13H24N4OS. The van der Waals surface area contributed by atoms with E-state index in [0.717, 1.165) is 48.9 Å². The molecule has 2 N–H and O–H groups in total. The van der Waals surface area contributed by atoms with E-state index in [4.69, 9.17) is 5.73 Å². The van der Waals surface area contributed by atoms with Crippen LogP contribution in [0, 0.1) is 6.92 Å². The van der Waals surface area contributed by atoms with Crippen LogP contribution in [-0.2, 0) is 24.3 Å². The molecule has 1 atom stereocenters. The molecule has 1 saturated heterocycles. The van der Waals surface area contributed by atoms with Crippen molar-refractivity contribution in [3.8, 4) is 0 Å². The number of nitrogens with two attached hydrogens (primary N) is 1. The van der Waals surface area contributed by atoms with Crippen molar-refractivity contribution in [3.05, 3.63) is 11.3 Å². The lowest BCUT2D eigenvalue weighted by Crippen LogP contribution is -2.39. The van der Waals surface area contributed by atoms with E-state index in [0.29, 0.717) is 0 Å². The molecule has 2 rings (SSSR count). The minimum absolute atomic E-state index is 0.181. The zero-order valence-corrected chi connectivity index (χ0v) is 12.9. The molecule has 5 nitrogen and oxygen atoms in total. The normalized spacial score (nSPS) is 18.8. The van der Waals surface area contributed by atoms with Gasteiger partial charge in [-0.2, -0.15) is 5.10 Å². The first-order valence-electron chi connectivity index (χ1n) is 6.90. The topological polar surface area (TPSA) is 64.2 Å². The van der Waals surface area contributed by atoms with Crippen LogP contribution in [0.1, 0.15) is 24.6 Å². The molecule has 1 aromatic heterocycles. The van der Waals surface area contributed by atoms with Crippen molar-refractivity contribution < 1.29 is 4.21 Å². The van der Waals surface area contributed by atoms with Gasteiger partial charge in [0.25, 0.3) is 0 Å². The Bertz CT molecular complexity index is 461. The van der Waals surface area contributed by atoms with Gasteiger partial charge in [-0.05, 0) is 19.8 Å². The van der Waals surface area contributed by atoms with Gasteiger partial charge in [0.15, 0.2) is 0 Å². The number of nitrogens with zero attached hydrogens (tertiary/aromatic N) is 3. The van der Waals surface area contributed by atoms with Crippen LogP contribution >= 0.6 is 0 Å². The molecule has 108 valence electrons. The quantitative estimate of drug-likeness (QED) is 0.878. The fraction of sp³-hybridized carbons (Fsp3) is 0.769. The summed E-state index contributed by atoms with van der Waals surface area (Å²) in [5.74, 6) is 2.67. The molecule has 0 bridgehead atoms. The smallest absolute Gasteiger partial charge is 0.130 e. The van der Waals surface area contributed by atoms with E-state index in [1.54, 1.807) is 0 Å². The van der Waals surface area contributed by atoms with Crippen LogP contribution in [0.5, 0.6) is 0 Å². The Morgan fingerprint density at radius 3 is 2.63 bits per heavy atom. The van der Waals surface area contributed by atoms with Crippen LogP contribution in [0.4, 0.5) is 5.82 Å². The average molecular weight is 284 g/mol. The summed E-state index contributed by atoms with van der Waals surface area (Å²) in [6.07, 6.45) is 1.84. The van der Waals surface area contributed by atoms with E-state index in [9.17, 15) is 4.21 Å². The van der Waals surface area contributed by atoms with E-state index in [1.807, 2.05) is 18.7 Å². The highest BCUT2D eigenvalue weighted by Gasteiger charge is 2.23. The van der Waals surface area contributed by atoms with Gasteiger partial charge < -0.3 is 10.6 Å². The second kappa shape index (κ2) is 6.05. The van der Waals surface area contributed by atoms with E-state index in [2.05, 4.69) is 16.9 Å². The molecule has 0 aliphatic carbocycles. The SMILES string of the molecule is CCC(N)Cc1c(C)nn(C)c1N1CCS(=O)CC1. The molecule has 0 spiro atoms. The van der Waals surface area contributed by atoms with Crippen LogP contribution in [0.25, 0.3) is 0 Å². The van der Waals surface area contributed by atoms with Gasteiger partial charge in [-0.25, -0.2) is 0 Å². The van der Waals surface area contributed by atoms with Gasteiger partial charge in [-0.3, -0.25) is 8.89 Å². The monoisotopic (exact) mass is 284 g/mol. The van der Waals surface area contributed by atoms with Crippen molar-refractivity contribution in [1.29, 1.82) is 0 Å². The molecule has 0 aromatic carbocycles. The van der Waals surface area contributed by atoms with Crippen molar-refractivity contribution in [2.45, 2.75) is 32.7 Å². The standard InChI is InChI=1S/C13H24N4OS/c1-4-11(14)9-12-10(2)15-16(3)13(12)17-5-7-19(18)8-6-17/h11H,4-9,14H2,1-3H3. The first kappa shape index (κ1) is 14.5. The molecule has 1 unspecified atom stereocenters. The number of hydrogen-bond donors (Lipinski definition) is 1. The average Bonchev–Trinajstić information content (AvgIpc) is 2.65. The van der Waals surface area contributed by atoms with Crippen molar-refractivity contribution in [2.75, 3.05) is 29.5 Å². The Hall–Kier alpha value is -0.880. The van der Waals surface area contributed by atoms with Crippen LogP contribution in [0.15, 0.2) is 0 Å².